The van der Waals surface area contributed by atoms with Crippen LogP contribution in [-0.4, -0.2) is 51.9 Å². The van der Waals surface area contributed by atoms with Crippen molar-refractivity contribution < 1.29 is 14.6 Å². The first-order valence-electron chi connectivity index (χ1n) is 11.6. The Bertz CT molecular complexity index is 1150. The lowest BCUT2D eigenvalue weighted by Crippen LogP contribution is -2.29. The molecule has 174 valence electrons. The number of nitrogens with zero attached hydrogens (tertiary/aromatic N) is 7. The van der Waals surface area contributed by atoms with Gasteiger partial charge in [0.2, 0.25) is 0 Å². The van der Waals surface area contributed by atoms with Crippen molar-refractivity contribution in [2.75, 3.05) is 0 Å². The van der Waals surface area contributed by atoms with Crippen molar-refractivity contribution in [3.8, 4) is 17.1 Å². The molecular weight excluding hydrogens is 422 g/mol. The molecule has 2 atom stereocenters. The first-order valence-corrected chi connectivity index (χ1v) is 11.6. The molecule has 0 aromatic carbocycles. The summed E-state index contributed by atoms with van der Waals surface area (Å²) in [7, 11) is 1.86. The van der Waals surface area contributed by atoms with Gasteiger partial charge in [-0.15, -0.1) is 5.10 Å². The second-order valence-corrected chi connectivity index (χ2v) is 9.24. The standard InChI is InChI=1S/C23H29N7O3/c1-14-20(33-17-5-3-4-16(11-17)23(31)32)9-8-18(25-14)22-19(29(2)28-26-22)12-30-13-24-21(27-30)10-15-6-7-15/h8-9,13,15-17H,3-7,10-12H2,1-2H3,(H,31,32)/t16-,17-/m0/s1. The highest BCUT2D eigenvalue weighted by molar-refractivity contribution is 5.70. The minimum absolute atomic E-state index is 0.101. The molecule has 0 aliphatic heterocycles. The molecule has 0 radical (unpaired) electrons. The van der Waals surface area contributed by atoms with E-state index in [1.54, 1.807) is 11.0 Å². The van der Waals surface area contributed by atoms with Crippen LogP contribution in [0.1, 0.15) is 55.7 Å². The normalized spacial score (nSPS) is 20.7. The Kier molecular flexibility index (Phi) is 5.82. The van der Waals surface area contributed by atoms with Crippen LogP contribution in [0.3, 0.4) is 0 Å². The topological polar surface area (TPSA) is 121 Å². The SMILES string of the molecule is Cc1nc(-c2nnn(C)c2Cn2cnc(CC3CC3)n2)ccc1O[C@H]1CCC[C@H](C(=O)O)C1. The summed E-state index contributed by atoms with van der Waals surface area (Å²) in [5.74, 6) is 1.24. The van der Waals surface area contributed by atoms with Gasteiger partial charge in [-0.2, -0.15) is 5.10 Å². The average molecular weight is 452 g/mol. The zero-order chi connectivity index (χ0) is 22.9. The molecule has 10 nitrogen and oxygen atoms in total. The molecule has 0 amide bonds. The molecular formula is C23H29N7O3. The van der Waals surface area contributed by atoms with Gasteiger partial charge in [0.25, 0.3) is 0 Å². The molecule has 10 heteroatoms. The lowest BCUT2D eigenvalue weighted by Gasteiger charge is -2.27. The second-order valence-electron chi connectivity index (χ2n) is 9.24. The van der Waals surface area contributed by atoms with Crippen molar-refractivity contribution in [3.05, 3.63) is 35.7 Å². The number of aromatic nitrogens is 7. The number of aliphatic carboxylic acids is 1. The van der Waals surface area contributed by atoms with E-state index in [1.807, 2.05) is 30.8 Å². The van der Waals surface area contributed by atoms with E-state index in [2.05, 4.69) is 20.4 Å². The van der Waals surface area contributed by atoms with Crippen LogP contribution in [-0.2, 0) is 24.8 Å². The molecule has 2 saturated carbocycles. The zero-order valence-electron chi connectivity index (χ0n) is 19.0. The molecule has 0 bridgehead atoms. The van der Waals surface area contributed by atoms with Crippen LogP contribution < -0.4 is 4.74 Å². The smallest absolute Gasteiger partial charge is 0.306 e. The number of carboxylic acid groups (broad SMARTS) is 1. The van der Waals surface area contributed by atoms with Crippen molar-refractivity contribution >= 4 is 5.97 Å². The predicted molar refractivity (Wildman–Crippen MR) is 119 cm³/mol. The van der Waals surface area contributed by atoms with Gasteiger partial charge in [0.1, 0.15) is 17.8 Å². The van der Waals surface area contributed by atoms with Gasteiger partial charge >= 0.3 is 5.97 Å². The number of aryl methyl sites for hydroxylation is 2. The Labute approximate surface area is 192 Å². The maximum atomic E-state index is 11.3. The zero-order valence-corrected chi connectivity index (χ0v) is 19.0. The summed E-state index contributed by atoms with van der Waals surface area (Å²) in [6, 6.07) is 3.77. The number of hydrogen-bond donors (Lipinski definition) is 1. The lowest BCUT2D eigenvalue weighted by molar-refractivity contribution is -0.143. The highest BCUT2D eigenvalue weighted by Crippen LogP contribution is 2.32. The summed E-state index contributed by atoms with van der Waals surface area (Å²) in [5, 5.41) is 22.5. The van der Waals surface area contributed by atoms with E-state index in [0.717, 1.165) is 42.4 Å². The highest BCUT2D eigenvalue weighted by Gasteiger charge is 2.29. The average Bonchev–Trinajstić information content (AvgIpc) is 3.39. The molecule has 2 aliphatic rings. The molecule has 0 spiro atoms. The van der Waals surface area contributed by atoms with Crippen LogP contribution in [0.5, 0.6) is 5.75 Å². The third-order valence-corrected chi connectivity index (χ3v) is 6.56. The summed E-state index contributed by atoms with van der Waals surface area (Å²) < 4.78 is 9.71. The van der Waals surface area contributed by atoms with Gasteiger partial charge in [0.05, 0.1) is 35.6 Å². The Hall–Kier alpha value is -3.30. The van der Waals surface area contributed by atoms with E-state index < -0.39 is 5.97 Å². The number of ether oxygens (including phenoxy) is 1. The predicted octanol–water partition coefficient (Wildman–Crippen LogP) is 2.80. The Balaban J connectivity index is 1.31. The van der Waals surface area contributed by atoms with Gasteiger partial charge in [0.15, 0.2) is 5.82 Å². The van der Waals surface area contributed by atoms with Crippen LogP contribution in [0.25, 0.3) is 11.4 Å². The molecule has 0 saturated heterocycles. The molecule has 1 N–H and O–H groups in total. The summed E-state index contributed by atoms with van der Waals surface area (Å²) in [6.45, 7) is 2.40. The Morgan fingerprint density at radius 2 is 2.09 bits per heavy atom. The van der Waals surface area contributed by atoms with Crippen molar-refractivity contribution in [3.63, 3.8) is 0 Å². The first-order chi connectivity index (χ1) is 16.0. The molecule has 3 aromatic heterocycles. The summed E-state index contributed by atoms with van der Waals surface area (Å²) in [6.07, 6.45) is 8.13. The largest absolute Gasteiger partial charge is 0.489 e. The van der Waals surface area contributed by atoms with Gasteiger partial charge in [-0.05, 0) is 63.5 Å². The fraction of sp³-hybridized carbons (Fsp3) is 0.565. The number of carboxylic acids is 1. The van der Waals surface area contributed by atoms with E-state index in [1.165, 1.54) is 12.8 Å². The van der Waals surface area contributed by atoms with Gasteiger partial charge in [-0.3, -0.25) is 4.79 Å². The van der Waals surface area contributed by atoms with E-state index in [4.69, 9.17) is 9.72 Å². The maximum Gasteiger partial charge on any atom is 0.306 e. The van der Waals surface area contributed by atoms with Crippen LogP contribution >= 0.6 is 0 Å². The lowest BCUT2D eigenvalue weighted by atomic mass is 9.87. The fourth-order valence-corrected chi connectivity index (χ4v) is 4.45. The Morgan fingerprint density at radius 3 is 2.85 bits per heavy atom. The highest BCUT2D eigenvalue weighted by atomic mass is 16.5. The molecule has 3 aromatic rings. The monoisotopic (exact) mass is 451 g/mol. The Morgan fingerprint density at radius 1 is 1.24 bits per heavy atom. The van der Waals surface area contributed by atoms with Crippen LogP contribution in [0, 0.1) is 18.8 Å². The number of hydrogen-bond acceptors (Lipinski definition) is 7. The van der Waals surface area contributed by atoms with Crippen molar-refractivity contribution in [1.82, 2.24) is 34.7 Å². The summed E-state index contributed by atoms with van der Waals surface area (Å²) in [5.41, 5.74) is 3.06. The first kappa shape index (κ1) is 21.5. The molecule has 2 fully saturated rings. The summed E-state index contributed by atoms with van der Waals surface area (Å²) in [4.78, 5) is 20.5. The van der Waals surface area contributed by atoms with E-state index >= 15 is 0 Å². The molecule has 3 heterocycles. The van der Waals surface area contributed by atoms with Crippen LogP contribution in [0.15, 0.2) is 18.5 Å². The number of rotatable bonds is 8. The minimum atomic E-state index is -0.740. The molecule has 33 heavy (non-hydrogen) atoms. The molecule has 0 unspecified atom stereocenters. The minimum Gasteiger partial charge on any atom is -0.489 e. The van der Waals surface area contributed by atoms with Gasteiger partial charge in [0, 0.05) is 13.5 Å². The fourth-order valence-electron chi connectivity index (χ4n) is 4.45. The maximum absolute atomic E-state index is 11.3. The van der Waals surface area contributed by atoms with Crippen molar-refractivity contribution in [2.24, 2.45) is 18.9 Å². The van der Waals surface area contributed by atoms with Crippen LogP contribution in [0.4, 0.5) is 0 Å². The second kappa shape index (κ2) is 8.92. The van der Waals surface area contributed by atoms with Crippen LogP contribution in [0.2, 0.25) is 0 Å². The van der Waals surface area contributed by atoms with E-state index in [0.29, 0.717) is 36.5 Å². The van der Waals surface area contributed by atoms with Gasteiger partial charge < -0.3 is 9.84 Å². The van der Waals surface area contributed by atoms with Crippen molar-refractivity contribution in [2.45, 2.75) is 64.5 Å². The third kappa shape index (κ3) is 4.89. The molecule has 2 aliphatic carbocycles. The quantitative estimate of drug-likeness (QED) is 0.555. The van der Waals surface area contributed by atoms with E-state index in [-0.39, 0.29) is 12.0 Å². The number of pyridine rings is 1. The number of carbonyl (C=O) groups is 1. The van der Waals surface area contributed by atoms with E-state index in [9.17, 15) is 9.90 Å². The molecule has 5 rings (SSSR count). The van der Waals surface area contributed by atoms with Crippen molar-refractivity contribution in [1.29, 1.82) is 0 Å². The summed E-state index contributed by atoms with van der Waals surface area (Å²) >= 11 is 0. The van der Waals surface area contributed by atoms with Gasteiger partial charge in [-0.1, -0.05) is 5.21 Å². The third-order valence-electron chi connectivity index (χ3n) is 6.56. The van der Waals surface area contributed by atoms with Gasteiger partial charge in [-0.25, -0.2) is 19.3 Å².